The van der Waals surface area contributed by atoms with Gasteiger partial charge in [-0.3, -0.25) is 4.79 Å². The minimum atomic E-state index is -0.599. The van der Waals surface area contributed by atoms with E-state index in [9.17, 15) is 4.79 Å². The van der Waals surface area contributed by atoms with Crippen molar-refractivity contribution in [3.63, 3.8) is 0 Å². The average molecular weight is 196 g/mol. The molecule has 0 aromatic carbocycles. The predicted octanol–water partition coefficient (Wildman–Crippen LogP) is 3.17. The Labute approximate surface area is 71.8 Å². The maximum absolute atomic E-state index is 10.2. The number of nitrogens with one attached hydrogen (secondary N) is 1. The average Bonchev–Trinajstić information content (AvgIpc) is 2.13. The van der Waals surface area contributed by atoms with Crippen molar-refractivity contribution in [2.45, 2.75) is 0 Å². The smallest absolute Gasteiger partial charge is 0.304 e. The summed E-state index contributed by atoms with van der Waals surface area (Å²) >= 11 is 11.9. The third-order valence-electron chi connectivity index (χ3n) is 0.795. The van der Waals surface area contributed by atoms with Gasteiger partial charge in [-0.15, -0.1) is 11.3 Å². The van der Waals surface area contributed by atoms with Crippen LogP contribution in [0.3, 0.4) is 0 Å². The Morgan fingerprint density at radius 1 is 1.60 bits per heavy atom. The van der Waals surface area contributed by atoms with E-state index in [4.69, 9.17) is 23.2 Å². The lowest BCUT2D eigenvalue weighted by atomic mass is 10.6. The zero-order chi connectivity index (χ0) is 7.56. The highest BCUT2D eigenvalue weighted by atomic mass is 35.5. The standard InChI is InChI=1S/C5H3Cl2NOS/c6-3-1-2-4(10-3)8-5(7)9/h1-2H,(H,8,9). The fourth-order valence-corrected chi connectivity index (χ4v) is 1.57. The first-order valence-corrected chi connectivity index (χ1v) is 3.97. The summed E-state index contributed by atoms with van der Waals surface area (Å²) in [4.78, 5) is 10.2. The molecule has 0 saturated heterocycles. The van der Waals surface area contributed by atoms with Gasteiger partial charge in [0.15, 0.2) is 0 Å². The molecule has 1 aromatic heterocycles. The van der Waals surface area contributed by atoms with Crippen molar-refractivity contribution in [2.75, 3.05) is 5.32 Å². The molecule has 10 heavy (non-hydrogen) atoms. The molecule has 0 saturated carbocycles. The van der Waals surface area contributed by atoms with E-state index in [2.05, 4.69) is 5.32 Å². The Morgan fingerprint density at radius 2 is 2.30 bits per heavy atom. The van der Waals surface area contributed by atoms with Crippen LogP contribution in [-0.2, 0) is 0 Å². The fraction of sp³-hybridized carbons (Fsp3) is 0. The molecule has 0 aliphatic heterocycles. The van der Waals surface area contributed by atoms with Crippen LogP contribution in [-0.4, -0.2) is 5.37 Å². The number of thiophene rings is 1. The second kappa shape index (κ2) is 3.23. The normalized spacial score (nSPS) is 9.40. The third kappa shape index (κ3) is 2.17. The van der Waals surface area contributed by atoms with Gasteiger partial charge in [-0.25, -0.2) is 0 Å². The van der Waals surface area contributed by atoms with Crippen LogP contribution in [0.2, 0.25) is 4.34 Å². The summed E-state index contributed by atoms with van der Waals surface area (Å²) in [6.07, 6.45) is 0. The molecule has 0 atom stereocenters. The van der Waals surface area contributed by atoms with Gasteiger partial charge in [0.2, 0.25) is 0 Å². The molecule has 1 heterocycles. The van der Waals surface area contributed by atoms with Crippen molar-refractivity contribution in [1.82, 2.24) is 0 Å². The molecular formula is C5H3Cl2NOS. The van der Waals surface area contributed by atoms with Crippen LogP contribution < -0.4 is 5.32 Å². The van der Waals surface area contributed by atoms with E-state index in [-0.39, 0.29) is 0 Å². The minimum Gasteiger partial charge on any atom is -0.304 e. The number of amides is 1. The number of carbonyl (C=O) groups excluding carboxylic acids is 1. The molecular weight excluding hydrogens is 193 g/mol. The summed E-state index contributed by atoms with van der Waals surface area (Å²) in [5, 5.41) is 2.44. The van der Waals surface area contributed by atoms with Gasteiger partial charge in [-0.2, -0.15) is 0 Å². The monoisotopic (exact) mass is 195 g/mol. The molecule has 0 fully saturated rings. The summed E-state index contributed by atoms with van der Waals surface area (Å²) in [7, 11) is 0. The third-order valence-corrected chi connectivity index (χ3v) is 2.04. The van der Waals surface area contributed by atoms with Crippen molar-refractivity contribution in [3.8, 4) is 0 Å². The number of rotatable bonds is 1. The Balaban J connectivity index is 2.67. The fourth-order valence-electron chi connectivity index (χ4n) is 0.478. The number of halogens is 2. The Bertz CT molecular complexity index is 248. The zero-order valence-electron chi connectivity index (χ0n) is 4.73. The molecule has 1 aromatic rings. The highest BCUT2D eigenvalue weighted by molar-refractivity contribution is 7.20. The molecule has 1 amide bonds. The van der Waals surface area contributed by atoms with Crippen LogP contribution in [0.15, 0.2) is 12.1 Å². The van der Waals surface area contributed by atoms with E-state index in [1.54, 1.807) is 12.1 Å². The minimum absolute atomic E-state index is 0.599. The molecule has 0 aliphatic carbocycles. The van der Waals surface area contributed by atoms with E-state index in [0.29, 0.717) is 9.34 Å². The molecule has 1 N–H and O–H groups in total. The number of hydrogen-bond acceptors (Lipinski definition) is 2. The predicted molar refractivity (Wildman–Crippen MR) is 44.2 cm³/mol. The van der Waals surface area contributed by atoms with Crippen LogP contribution in [0.4, 0.5) is 9.80 Å². The van der Waals surface area contributed by atoms with Crippen molar-refractivity contribution in [3.05, 3.63) is 16.5 Å². The van der Waals surface area contributed by atoms with E-state index in [1.807, 2.05) is 0 Å². The Kier molecular flexibility index (Phi) is 2.54. The molecule has 5 heteroatoms. The first-order chi connectivity index (χ1) is 4.68. The van der Waals surface area contributed by atoms with Crippen LogP contribution >= 0.6 is 34.5 Å². The van der Waals surface area contributed by atoms with Crippen molar-refractivity contribution < 1.29 is 4.79 Å². The SMILES string of the molecule is O=C(Cl)Nc1ccc(Cl)s1. The number of anilines is 1. The lowest BCUT2D eigenvalue weighted by Gasteiger charge is -1.90. The summed E-state index contributed by atoms with van der Waals surface area (Å²) in [5.41, 5.74) is 0. The molecule has 2 nitrogen and oxygen atoms in total. The molecule has 54 valence electrons. The van der Waals surface area contributed by atoms with E-state index < -0.39 is 5.37 Å². The second-order valence-electron chi connectivity index (χ2n) is 1.50. The summed E-state index contributed by atoms with van der Waals surface area (Å²) in [6, 6.07) is 3.38. The first kappa shape index (κ1) is 7.85. The number of carbonyl (C=O) groups is 1. The Hall–Kier alpha value is -0.250. The van der Waals surface area contributed by atoms with Crippen LogP contribution in [0.5, 0.6) is 0 Å². The second-order valence-corrected chi connectivity index (χ2v) is 3.56. The zero-order valence-corrected chi connectivity index (χ0v) is 7.06. The van der Waals surface area contributed by atoms with Crippen molar-refractivity contribution >= 4 is 44.9 Å². The van der Waals surface area contributed by atoms with Gasteiger partial charge in [0.05, 0.1) is 9.34 Å². The Morgan fingerprint density at radius 3 is 2.70 bits per heavy atom. The largest absolute Gasteiger partial charge is 0.318 e. The van der Waals surface area contributed by atoms with Crippen LogP contribution in [0, 0.1) is 0 Å². The molecule has 0 aliphatic rings. The van der Waals surface area contributed by atoms with E-state index in [1.165, 1.54) is 11.3 Å². The summed E-state index contributed by atoms with van der Waals surface area (Å²) < 4.78 is 0.625. The van der Waals surface area contributed by atoms with Gasteiger partial charge >= 0.3 is 5.37 Å². The van der Waals surface area contributed by atoms with Gasteiger partial charge in [-0.05, 0) is 23.7 Å². The molecule has 1 rings (SSSR count). The lowest BCUT2D eigenvalue weighted by molar-refractivity contribution is 0.269. The highest BCUT2D eigenvalue weighted by Gasteiger charge is 1.98. The molecule has 0 unspecified atom stereocenters. The maximum atomic E-state index is 10.2. The quantitative estimate of drug-likeness (QED) is 0.542. The highest BCUT2D eigenvalue weighted by Crippen LogP contribution is 2.25. The van der Waals surface area contributed by atoms with Gasteiger partial charge in [-0.1, -0.05) is 11.6 Å². The molecule has 0 spiro atoms. The lowest BCUT2D eigenvalue weighted by Crippen LogP contribution is -1.97. The van der Waals surface area contributed by atoms with Crippen molar-refractivity contribution in [1.29, 1.82) is 0 Å². The maximum Gasteiger partial charge on any atom is 0.318 e. The van der Waals surface area contributed by atoms with Crippen LogP contribution in [0.1, 0.15) is 0 Å². The van der Waals surface area contributed by atoms with Crippen molar-refractivity contribution in [2.24, 2.45) is 0 Å². The summed E-state index contributed by atoms with van der Waals surface area (Å²) in [6.45, 7) is 0. The summed E-state index contributed by atoms with van der Waals surface area (Å²) in [5.74, 6) is 0. The van der Waals surface area contributed by atoms with E-state index >= 15 is 0 Å². The van der Waals surface area contributed by atoms with Gasteiger partial charge in [0.25, 0.3) is 0 Å². The first-order valence-electron chi connectivity index (χ1n) is 2.40. The molecule has 0 bridgehead atoms. The van der Waals surface area contributed by atoms with Crippen LogP contribution in [0.25, 0.3) is 0 Å². The van der Waals surface area contributed by atoms with Gasteiger partial charge in [0, 0.05) is 0 Å². The van der Waals surface area contributed by atoms with Gasteiger partial charge < -0.3 is 5.32 Å². The van der Waals surface area contributed by atoms with Gasteiger partial charge in [0.1, 0.15) is 0 Å². The topological polar surface area (TPSA) is 29.1 Å². The van der Waals surface area contributed by atoms with E-state index in [0.717, 1.165) is 0 Å². The molecule has 0 radical (unpaired) electrons. The number of hydrogen-bond donors (Lipinski definition) is 1.